The van der Waals surface area contributed by atoms with Crippen molar-refractivity contribution in [3.63, 3.8) is 0 Å². The molecule has 2 fully saturated rings. The summed E-state index contributed by atoms with van der Waals surface area (Å²) in [5, 5.41) is 9.13. The van der Waals surface area contributed by atoms with E-state index in [4.69, 9.17) is 14.6 Å². The summed E-state index contributed by atoms with van der Waals surface area (Å²) in [4.78, 5) is 26.6. The van der Waals surface area contributed by atoms with Crippen LogP contribution in [0.5, 0.6) is 0 Å². The maximum absolute atomic E-state index is 15.1. The van der Waals surface area contributed by atoms with Gasteiger partial charge in [-0.2, -0.15) is 0 Å². The van der Waals surface area contributed by atoms with E-state index >= 15 is 4.39 Å². The number of piperazine rings is 1. The summed E-state index contributed by atoms with van der Waals surface area (Å²) in [6.45, 7) is 4.05. The molecule has 2 saturated heterocycles. The molecule has 3 aliphatic heterocycles. The third-order valence-corrected chi connectivity index (χ3v) is 5.40. The molecule has 0 radical (unpaired) electrons. The number of halogens is 1. The van der Waals surface area contributed by atoms with Gasteiger partial charge in [-0.1, -0.05) is 6.07 Å². The second-order valence-corrected chi connectivity index (χ2v) is 7.11. The molecule has 4 rings (SSSR count). The van der Waals surface area contributed by atoms with Gasteiger partial charge in [-0.25, -0.2) is 14.0 Å². The highest BCUT2D eigenvalue weighted by Crippen LogP contribution is 2.33. The number of cyclic esters (lactones) is 1. The van der Waals surface area contributed by atoms with Gasteiger partial charge in [-0.05, 0) is 13.0 Å². The molecule has 0 aliphatic carbocycles. The van der Waals surface area contributed by atoms with Gasteiger partial charge >= 0.3 is 12.1 Å². The van der Waals surface area contributed by atoms with Crippen LogP contribution in [0.1, 0.15) is 34.5 Å². The summed E-state index contributed by atoms with van der Waals surface area (Å²) in [5.74, 6) is -0.878. The molecule has 8 heteroatoms. The molecule has 1 aromatic carbocycles. The van der Waals surface area contributed by atoms with Gasteiger partial charge in [-0.3, -0.25) is 4.90 Å². The maximum atomic E-state index is 15.1. The SMILES string of the molecule is C[C@H]1Cc2c(ccc([C@H]3CN4CCN(C(=O)O)C[C@@H]4CO3)c2F)C(=O)O1. The quantitative estimate of drug-likeness (QED) is 0.764. The molecule has 26 heavy (non-hydrogen) atoms. The number of carbonyl (C=O) groups excluding carboxylic acids is 1. The first-order valence-corrected chi connectivity index (χ1v) is 8.80. The van der Waals surface area contributed by atoms with Crippen molar-refractivity contribution in [2.75, 3.05) is 32.8 Å². The van der Waals surface area contributed by atoms with Gasteiger partial charge < -0.3 is 19.5 Å². The van der Waals surface area contributed by atoms with Crippen LogP contribution in [0.4, 0.5) is 9.18 Å². The summed E-state index contributed by atoms with van der Waals surface area (Å²) in [7, 11) is 0. The topological polar surface area (TPSA) is 79.3 Å². The van der Waals surface area contributed by atoms with Gasteiger partial charge in [0.05, 0.1) is 24.3 Å². The van der Waals surface area contributed by atoms with Crippen LogP contribution < -0.4 is 0 Å². The molecular formula is C18H21FN2O5. The van der Waals surface area contributed by atoms with Crippen molar-refractivity contribution < 1.29 is 28.6 Å². The standard InChI is InChI=1S/C18H21FN2O5/c1-10-6-14-12(17(22)26-10)2-3-13(16(14)19)15-8-20-4-5-21(18(23)24)7-11(20)9-25-15/h2-3,10-11,15H,4-9H2,1H3,(H,23,24)/t10-,11+,15+/m0/s1. The molecule has 3 atom stereocenters. The lowest BCUT2D eigenvalue weighted by Gasteiger charge is -2.45. The van der Waals surface area contributed by atoms with Crippen LogP contribution in [0.2, 0.25) is 0 Å². The monoisotopic (exact) mass is 364 g/mol. The van der Waals surface area contributed by atoms with Gasteiger partial charge in [0.15, 0.2) is 0 Å². The molecule has 3 aliphatic rings. The first kappa shape index (κ1) is 17.2. The van der Waals surface area contributed by atoms with E-state index in [-0.39, 0.29) is 17.7 Å². The minimum absolute atomic E-state index is 0.00760. The number of nitrogens with zero attached hydrogens (tertiary/aromatic N) is 2. The number of hydrogen-bond acceptors (Lipinski definition) is 5. The van der Waals surface area contributed by atoms with Gasteiger partial charge in [0.2, 0.25) is 0 Å². The molecule has 1 N–H and O–H groups in total. The molecule has 0 saturated carbocycles. The second-order valence-electron chi connectivity index (χ2n) is 7.11. The molecule has 0 unspecified atom stereocenters. The number of hydrogen-bond donors (Lipinski definition) is 1. The predicted molar refractivity (Wildman–Crippen MR) is 88.6 cm³/mol. The lowest BCUT2D eigenvalue weighted by molar-refractivity contribution is -0.0877. The van der Waals surface area contributed by atoms with E-state index in [1.165, 1.54) is 4.90 Å². The number of benzene rings is 1. The van der Waals surface area contributed by atoms with E-state index in [0.29, 0.717) is 50.3 Å². The first-order chi connectivity index (χ1) is 12.4. The zero-order valence-electron chi connectivity index (χ0n) is 14.5. The Hall–Kier alpha value is -2.19. The fourth-order valence-electron chi connectivity index (χ4n) is 4.00. The summed E-state index contributed by atoms with van der Waals surface area (Å²) < 4.78 is 26.1. The van der Waals surface area contributed by atoms with Crippen LogP contribution in [0.15, 0.2) is 12.1 Å². The second kappa shape index (κ2) is 6.51. The Morgan fingerprint density at radius 1 is 1.31 bits per heavy atom. The number of rotatable bonds is 1. The zero-order valence-corrected chi connectivity index (χ0v) is 14.5. The third kappa shape index (κ3) is 2.93. The van der Waals surface area contributed by atoms with Crippen molar-refractivity contribution in [3.8, 4) is 0 Å². The van der Waals surface area contributed by atoms with E-state index in [9.17, 15) is 9.59 Å². The largest absolute Gasteiger partial charge is 0.465 e. The highest BCUT2D eigenvalue weighted by Gasteiger charge is 2.37. The Balaban J connectivity index is 1.54. The number of fused-ring (bicyclic) bond motifs is 2. The number of amides is 1. The Labute approximate surface area is 150 Å². The van der Waals surface area contributed by atoms with Gasteiger partial charge in [0, 0.05) is 43.7 Å². The smallest absolute Gasteiger partial charge is 0.407 e. The Kier molecular flexibility index (Phi) is 4.32. The van der Waals surface area contributed by atoms with Crippen molar-refractivity contribution in [1.29, 1.82) is 0 Å². The normalized spacial score (nSPS) is 28.9. The molecule has 7 nitrogen and oxygen atoms in total. The van der Waals surface area contributed by atoms with Crippen molar-refractivity contribution >= 4 is 12.1 Å². The fourth-order valence-corrected chi connectivity index (χ4v) is 4.00. The van der Waals surface area contributed by atoms with Crippen molar-refractivity contribution in [3.05, 3.63) is 34.6 Å². The van der Waals surface area contributed by atoms with Crippen LogP contribution in [-0.2, 0) is 15.9 Å². The number of carbonyl (C=O) groups is 2. The van der Waals surface area contributed by atoms with Crippen LogP contribution in [0.3, 0.4) is 0 Å². The molecule has 3 heterocycles. The maximum Gasteiger partial charge on any atom is 0.407 e. The molecule has 0 bridgehead atoms. The summed E-state index contributed by atoms with van der Waals surface area (Å²) in [6, 6.07) is 3.20. The summed E-state index contributed by atoms with van der Waals surface area (Å²) in [6.07, 6.45) is -1.34. The van der Waals surface area contributed by atoms with E-state index in [1.54, 1.807) is 19.1 Å². The summed E-state index contributed by atoms with van der Waals surface area (Å²) >= 11 is 0. The lowest BCUT2D eigenvalue weighted by atomic mass is 9.93. The van der Waals surface area contributed by atoms with E-state index in [1.807, 2.05) is 0 Å². The Morgan fingerprint density at radius 3 is 2.88 bits per heavy atom. The highest BCUT2D eigenvalue weighted by atomic mass is 19.1. The van der Waals surface area contributed by atoms with Crippen LogP contribution in [0.25, 0.3) is 0 Å². The number of carboxylic acid groups (broad SMARTS) is 1. The molecule has 140 valence electrons. The zero-order chi connectivity index (χ0) is 18.4. The fraction of sp³-hybridized carbons (Fsp3) is 0.556. The molecule has 1 amide bonds. The van der Waals surface area contributed by atoms with E-state index < -0.39 is 24.0 Å². The number of ether oxygens (including phenoxy) is 2. The van der Waals surface area contributed by atoms with E-state index in [2.05, 4.69) is 4.90 Å². The van der Waals surface area contributed by atoms with Crippen molar-refractivity contribution in [1.82, 2.24) is 9.80 Å². The average Bonchev–Trinajstić information content (AvgIpc) is 2.61. The lowest BCUT2D eigenvalue weighted by Crippen LogP contribution is -2.59. The third-order valence-electron chi connectivity index (χ3n) is 5.40. The van der Waals surface area contributed by atoms with Crippen molar-refractivity contribution in [2.45, 2.75) is 31.6 Å². The van der Waals surface area contributed by atoms with E-state index in [0.717, 1.165) is 0 Å². The van der Waals surface area contributed by atoms with Gasteiger partial charge in [-0.15, -0.1) is 0 Å². The van der Waals surface area contributed by atoms with Gasteiger partial charge in [0.25, 0.3) is 0 Å². The van der Waals surface area contributed by atoms with Crippen molar-refractivity contribution in [2.24, 2.45) is 0 Å². The molecule has 0 aromatic heterocycles. The Morgan fingerprint density at radius 2 is 2.12 bits per heavy atom. The number of morpholine rings is 1. The minimum Gasteiger partial charge on any atom is -0.465 e. The van der Waals surface area contributed by atoms with Crippen LogP contribution in [0, 0.1) is 5.82 Å². The van der Waals surface area contributed by atoms with Gasteiger partial charge in [0.1, 0.15) is 11.9 Å². The Bertz CT molecular complexity index is 755. The summed E-state index contributed by atoms with van der Waals surface area (Å²) in [5.41, 5.74) is 1.13. The average molecular weight is 364 g/mol. The molecule has 1 aromatic rings. The molecule has 0 spiro atoms. The number of esters is 1. The van der Waals surface area contributed by atoms with Crippen LogP contribution in [-0.4, -0.2) is 71.9 Å². The first-order valence-electron chi connectivity index (χ1n) is 8.80. The van der Waals surface area contributed by atoms with Crippen LogP contribution >= 0.6 is 0 Å². The molecular weight excluding hydrogens is 343 g/mol. The predicted octanol–water partition coefficient (Wildman–Crippen LogP) is 1.66. The minimum atomic E-state index is -0.923. The highest BCUT2D eigenvalue weighted by molar-refractivity contribution is 5.92.